The fraction of sp³-hybridized carbons (Fsp3) is 0.667. The normalized spacial score (nSPS) is 20.3. The van der Waals surface area contributed by atoms with Crippen LogP contribution in [0.4, 0.5) is 5.69 Å². The average molecular weight is 450 g/mol. The lowest BCUT2D eigenvalue weighted by Crippen LogP contribution is -2.51. The zero-order valence-electron chi connectivity index (χ0n) is 19.5. The molecule has 31 heavy (non-hydrogen) atoms. The van der Waals surface area contributed by atoms with Crippen molar-refractivity contribution in [3.05, 3.63) is 28.3 Å². The van der Waals surface area contributed by atoms with Gasteiger partial charge < -0.3 is 19.9 Å². The molecule has 0 saturated carbocycles. The fourth-order valence-corrected chi connectivity index (χ4v) is 5.03. The maximum atomic E-state index is 13.6. The molecule has 172 valence electrons. The van der Waals surface area contributed by atoms with Gasteiger partial charge in [-0.05, 0) is 77.6 Å². The Morgan fingerprint density at radius 3 is 2.71 bits per heavy atom. The van der Waals surface area contributed by atoms with Gasteiger partial charge in [0.05, 0.1) is 16.0 Å². The molecule has 0 aromatic heterocycles. The second kappa shape index (κ2) is 9.88. The number of rotatable bonds is 8. The quantitative estimate of drug-likeness (QED) is 0.609. The van der Waals surface area contributed by atoms with Crippen molar-refractivity contribution in [2.24, 2.45) is 0 Å². The predicted octanol–water partition coefficient (Wildman–Crippen LogP) is 3.99. The van der Waals surface area contributed by atoms with Crippen LogP contribution in [0.1, 0.15) is 69.3 Å². The Bertz CT molecular complexity index is 819. The summed E-state index contributed by atoms with van der Waals surface area (Å²) in [7, 11) is 1.68. The highest BCUT2D eigenvalue weighted by Crippen LogP contribution is 2.44. The van der Waals surface area contributed by atoms with Gasteiger partial charge in [0.1, 0.15) is 0 Å². The second-order valence-electron chi connectivity index (χ2n) is 9.44. The van der Waals surface area contributed by atoms with Gasteiger partial charge in [0.25, 0.3) is 5.91 Å². The van der Waals surface area contributed by atoms with Crippen LogP contribution in [0.2, 0.25) is 5.02 Å². The molecule has 6 nitrogen and oxygen atoms in total. The van der Waals surface area contributed by atoms with Crippen molar-refractivity contribution in [3.8, 4) is 0 Å². The molecule has 1 unspecified atom stereocenters. The molecule has 2 heterocycles. The van der Waals surface area contributed by atoms with Gasteiger partial charge in [0, 0.05) is 44.6 Å². The van der Waals surface area contributed by atoms with E-state index in [9.17, 15) is 9.59 Å². The van der Waals surface area contributed by atoms with E-state index in [4.69, 9.17) is 16.3 Å². The van der Waals surface area contributed by atoms with Crippen molar-refractivity contribution >= 4 is 29.1 Å². The molecule has 7 heteroatoms. The van der Waals surface area contributed by atoms with Crippen LogP contribution in [-0.4, -0.2) is 62.1 Å². The molecule has 2 amide bonds. The highest BCUT2D eigenvalue weighted by molar-refractivity contribution is 6.34. The van der Waals surface area contributed by atoms with Gasteiger partial charge in [-0.25, -0.2) is 0 Å². The van der Waals surface area contributed by atoms with E-state index in [0.29, 0.717) is 23.7 Å². The molecule has 1 saturated heterocycles. The number of ether oxygens (including phenoxy) is 1. The number of nitrogens with zero attached hydrogens (tertiary/aromatic N) is 2. The topological polar surface area (TPSA) is 61.9 Å². The third kappa shape index (κ3) is 4.76. The van der Waals surface area contributed by atoms with E-state index in [1.165, 1.54) is 0 Å². The molecule has 1 aromatic rings. The number of unbranched alkanes of at least 4 members (excludes halogenated alkanes) is 1. The molecule has 3 rings (SSSR count). The van der Waals surface area contributed by atoms with Crippen LogP contribution in [0.3, 0.4) is 0 Å². The van der Waals surface area contributed by atoms with Crippen LogP contribution < -0.4 is 10.2 Å². The smallest absolute Gasteiger partial charge is 0.255 e. The summed E-state index contributed by atoms with van der Waals surface area (Å²) in [5.41, 5.74) is 1.52. The number of fused-ring (bicyclic) bond motifs is 1. The Hall–Kier alpha value is -1.63. The minimum atomic E-state index is -0.660. The van der Waals surface area contributed by atoms with Crippen LogP contribution in [0.25, 0.3) is 0 Å². The van der Waals surface area contributed by atoms with E-state index in [1.807, 2.05) is 49.6 Å². The van der Waals surface area contributed by atoms with Gasteiger partial charge in [-0.15, -0.1) is 0 Å². The third-order valence-corrected chi connectivity index (χ3v) is 6.81. The van der Waals surface area contributed by atoms with Gasteiger partial charge in [0.15, 0.2) is 0 Å². The van der Waals surface area contributed by atoms with Gasteiger partial charge >= 0.3 is 0 Å². The van der Waals surface area contributed by atoms with E-state index >= 15 is 0 Å². The molecule has 1 aromatic carbocycles. The molecular formula is C24H36ClN3O3. The Balaban J connectivity index is 1.95. The van der Waals surface area contributed by atoms with E-state index in [0.717, 1.165) is 50.0 Å². The molecule has 0 aliphatic carbocycles. The Labute approximate surface area is 191 Å². The third-order valence-electron chi connectivity index (χ3n) is 6.50. The first-order chi connectivity index (χ1) is 14.7. The van der Waals surface area contributed by atoms with Crippen molar-refractivity contribution in [1.82, 2.24) is 10.2 Å². The molecule has 2 aliphatic rings. The first kappa shape index (κ1) is 24.0. The SMILES string of the molecule is COCCCCN1C(=O)C(C)(C)c2cc(Cl)c(C(=O)N(C(C)C)C3CCCNC3)cc21. The van der Waals surface area contributed by atoms with Gasteiger partial charge in [0.2, 0.25) is 5.91 Å². The van der Waals surface area contributed by atoms with E-state index < -0.39 is 5.41 Å². The zero-order chi connectivity index (χ0) is 22.8. The minimum Gasteiger partial charge on any atom is -0.385 e. The van der Waals surface area contributed by atoms with Crippen LogP contribution in [0.5, 0.6) is 0 Å². The largest absolute Gasteiger partial charge is 0.385 e. The highest BCUT2D eigenvalue weighted by Gasteiger charge is 2.44. The molecule has 0 spiro atoms. The molecule has 1 N–H and O–H groups in total. The lowest BCUT2D eigenvalue weighted by atomic mass is 9.85. The van der Waals surface area contributed by atoms with E-state index in [1.54, 1.807) is 7.11 Å². The number of hydrogen-bond acceptors (Lipinski definition) is 4. The highest BCUT2D eigenvalue weighted by atomic mass is 35.5. The summed E-state index contributed by atoms with van der Waals surface area (Å²) < 4.78 is 5.14. The predicted molar refractivity (Wildman–Crippen MR) is 125 cm³/mol. The van der Waals surface area contributed by atoms with Gasteiger partial charge in [-0.1, -0.05) is 11.6 Å². The monoisotopic (exact) mass is 449 g/mol. The summed E-state index contributed by atoms with van der Waals surface area (Å²) in [6.45, 7) is 11.0. The number of amides is 2. The molecule has 0 bridgehead atoms. The van der Waals surface area contributed by atoms with Gasteiger partial charge in [-0.3, -0.25) is 9.59 Å². The van der Waals surface area contributed by atoms with Crippen LogP contribution >= 0.6 is 11.6 Å². The lowest BCUT2D eigenvalue weighted by Gasteiger charge is -2.38. The Morgan fingerprint density at radius 2 is 2.10 bits per heavy atom. The average Bonchev–Trinajstić information content (AvgIpc) is 2.91. The summed E-state index contributed by atoms with van der Waals surface area (Å²) in [6.07, 6.45) is 3.76. The first-order valence-electron chi connectivity index (χ1n) is 11.4. The van der Waals surface area contributed by atoms with Crippen molar-refractivity contribution in [2.75, 3.05) is 38.3 Å². The van der Waals surface area contributed by atoms with Crippen molar-refractivity contribution < 1.29 is 14.3 Å². The number of anilines is 1. The standard InChI is InChI=1S/C24H36ClN3O3/c1-16(2)28(17-9-8-10-26-15-17)22(29)18-13-21-19(14-20(18)25)24(3,4)23(30)27(21)11-6-7-12-31-5/h13-14,16-17,26H,6-12,15H2,1-5H3. The van der Waals surface area contributed by atoms with Crippen molar-refractivity contribution in [2.45, 2.75) is 70.9 Å². The van der Waals surface area contributed by atoms with E-state index in [-0.39, 0.29) is 23.9 Å². The fourth-order valence-electron chi connectivity index (χ4n) is 4.78. The zero-order valence-corrected chi connectivity index (χ0v) is 20.2. The second-order valence-corrected chi connectivity index (χ2v) is 9.84. The molecule has 1 atom stereocenters. The Morgan fingerprint density at radius 1 is 1.35 bits per heavy atom. The molecular weight excluding hydrogens is 414 g/mol. The molecule has 2 aliphatic heterocycles. The van der Waals surface area contributed by atoms with Gasteiger partial charge in [-0.2, -0.15) is 0 Å². The number of nitrogens with one attached hydrogen (secondary N) is 1. The number of benzene rings is 1. The first-order valence-corrected chi connectivity index (χ1v) is 11.8. The minimum absolute atomic E-state index is 0.0535. The number of hydrogen-bond donors (Lipinski definition) is 1. The number of methoxy groups -OCH3 is 1. The maximum Gasteiger partial charge on any atom is 0.255 e. The van der Waals surface area contributed by atoms with Crippen LogP contribution in [0.15, 0.2) is 12.1 Å². The lowest BCUT2D eigenvalue weighted by molar-refractivity contribution is -0.122. The maximum absolute atomic E-state index is 13.6. The number of halogens is 1. The van der Waals surface area contributed by atoms with E-state index in [2.05, 4.69) is 5.32 Å². The van der Waals surface area contributed by atoms with Crippen molar-refractivity contribution in [1.29, 1.82) is 0 Å². The van der Waals surface area contributed by atoms with Crippen LogP contribution in [0, 0.1) is 0 Å². The Kier molecular flexibility index (Phi) is 7.66. The van der Waals surface area contributed by atoms with Crippen LogP contribution in [-0.2, 0) is 14.9 Å². The summed E-state index contributed by atoms with van der Waals surface area (Å²) in [6, 6.07) is 3.88. The number of carbonyl (C=O) groups excluding carboxylic acids is 2. The summed E-state index contributed by atoms with van der Waals surface area (Å²) in [5.74, 6) is -0.00855. The van der Waals surface area contributed by atoms with Crippen molar-refractivity contribution in [3.63, 3.8) is 0 Å². The number of carbonyl (C=O) groups is 2. The summed E-state index contributed by atoms with van der Waals surface area (Å²) >= 11 is 6.65. The number of piperidine rings is 1. The molecule has 0 radical (unpaired) electrons. The summed E-state index contributed by atoms with van der Waals surface area (Å²) in [5, 5.41) is 3.82. The molecule has 1 fully saturated rings. The summed E-state index contributed by atoms with van der Waals surface area (Å²) in [4.78, 5) is 30.6.